The molecule has 2 atom stereocenters. The number of carbonyl (C=O) groups is 1. The van der Waals surface area contributed by atoms with Crippen LogP contribution in [0.5, 0.6) is 0 Å². The van der Waals surface area contributed by atoms with Gasteiger partial charge < -0.3 is 15.5 Å². The molecule has 0 unspecified atom stereocenters. The van der Waals surface area contributed by atoms with Gasteiger partial charge in [0.05, 0.1) is 17.8 Å². The Morgan fingerprint density at radius 2 is 1.93 bits per heavy atom. The second kappa shape index (κ2) is 6.94. The summed E-state index contributed by atoms with van der Waals surface area (Å²) in [5.74, 6) is -0.0734. The van der Waals surface area contributed by atoms with E-state index in [0.717, 1.165) is 12.1 Å². The number of anilines is 1. The highest BCUT2D eigenvalue weighted by Gasteiger charge is 2.48. The third-order valence-electron chi connectivity index (χ3n) is 6.53. The van der Waals surface area contributed by atoms with Crippen LogP contribution in [0.15, 0.2) is 12.1 Å². The molecule has 2 aromatic rings. The van der Waals surface area contributed by atoms with E-state index in [-0.39, 0.29) is 23.9 Å². The average molecular weight is 416 g/mol. The van der Waals surface area contributed by atoms with Crippen LogP contribution in [0.3, 0.4) is 0 Å². The van der Waals surface area contributed by atoms with E-state index in [2.05, 4.69) is 35.9 Å². The van der Waals surface area contributed by atoms with E-state index in [4.69, 9.17) is 5.73 Å². The number of hydrogen-bond donors (Lipinski definition) is 1. The van der Waals surface area contributed by atoms with Gasteiger partial charge >= 0.3 is 6.03 Å². The molecule has 8 nitrogen and oxygen atoms in total. The number of piperazine rings is 1. The molecule has 0 aromatic carbocycles. The van der Waals surface area contributed by atoms with E-state index in [9.17, 15) is 9.18 Å². The summed E-state index contributed by atoms with van der Waals surface area (Å²) in [6.45, 7) is 11.7. The van der Waals surface area contributed by atoms with Gasteiger partial charge in [0.15, 0.2) is 17.5 Å². The first-order valence-electron chi connectivity index (χ1n) is 10.3. The van der Waals surface area contributed by atoms with Crippen molar-refractivity contribution in [1.29, 1.82) is 0 Å². The number of hydrogen-bond acceptors (Lipinski definition) is 5. The second-order valence-electron chi connectivity index (χ2n) is 9.10. The highest BCUT2D eigenvalue weighted by molar-refractivity contribution is 5.78. The van der Waals surface area contributed by atoms with E-state index >= 15 is 0 Å². The number of rotatable bonds is 1. The number of nitrogens with zero attached hydrogens (tertiary/aromatic N) is 6. The molecule has 4 heterocycles. The predicted octanol–water partition coefficient (Wildman–Crippen LogP) is 2.49. The highest BCUT2D eigenvalue weighted by Crippen LogP contribution is 2.43. The molecule has 0 saturated carbocycles. The first-order chi connectivity index (χ1) is 14.0. The Balaban J connectivity index is 1.73. The van der Waals surface area contributed by atoms with Gasteiger partial charge in [0.1, 0.15) is 0 Å². The molecular formula is C21H30FN7O. The van der Waals surface area contributed by atoms with Gasteiger partial charge in [-0.15, -0.1) is 5.10 Å². The van der Waals surface area contributed by atoms with Crippen molar-refractivity contribution in [2.24, 2.45) is 0 Å². The summed E-state index contributed by atoms with van der Waals surface area (Å²) in [7, 11) is 2.08. The minimum absolute atomic E-state index is 0.0349. The maximum absolute atomic E-state index is 14.6. The van der Waals surface area contributed by atoms with Crippen LogP contribution < -0.4 is 5.73 Å². The van der Waals surface area contributed by atoms with Crippen LogP contribution in [-0.2, 0) is 12.1 Å². The summed E-state index contributed by atoms with van der Waals surface area (Å²) in [5, 5.41) is 4.38. The fourth-order valence-electron chi connectivity index (χ4n) is 4.59. The maximum atomic E-state index is 14.6. The first kappa shape index (κ1) is 20.6. The van der Waals surface area contributed by atoms with Crippen molar-refractivity contribution < 1.29 is 9.18 Å². The topological polar surface area (TPSA) is 83.5 Å². The average Bonchev–Trinajstić information content (AvgIpc) is 3.14. The summed E-state index contributed by atoms with van der Waals surface area (Å²) in [5.41, 5.74) is 7.63. The molecule has 30 heavy (non-hydrogen) atoms. The summed E-state index contributed by atoms with van der Waals surface area (Å²) >= 11 is 0. The van der Waals surface area contributed by atoms with Crippen molar-refractivity contribution in [1.82, 2.24) is 29.5 Å². The molecule has 1 saturated heterocycles. The van der Waals surface area contributed by atoms with Crippen molar-refractivity contribution in [2.45, 2.75) is 58.8 Å². The molecule has 1 fully saturated rings. The number of urea groups is 1. The standard InChI is InChI=1S/C21H30FN7O/c1-12-7-8-16(22)19(24-12)29-17-15(18(23)25-29)11-28(21(17,4)5)20(30)27-10-13(2)26(6)9-14(27)3/h7-8,13-14H,9-11H2,1-6H3,(H2,23,25)/t13-,14+/m1/s1. The summed E-state index contributed by atoms with van der Waals surface area (Å²) in [6.07, 6.45) is 0. The van der Waals surface area contributed by atoms with E-state index < -0.39 is 11.4 Å². The molecule has 2 aliphatic heterocycles. The number of likely N-dealkylation sites (N-methyl/N-ethyl adjacent to an activating group) is 1. The van der Waals surface area contributed by atoms with Gasteiger partial charge in [0.25, 0.3) is 0 Å². The van der Waals surface area contributed by atoms with Crippen LogP contribution in [0, 0.1) is 12.7 Å². The van der Waals surface area contributed by atoms with Gasteiger partial charge in [0, 0.05) is 36.4 Å². The first-order valence-corrected chi connectivity index (χ1v) is 10.3. The quantitative estimate of drug-likeness (QED) is 0.774. The SMILES string of the molecule is Cc1ccc(F)c(-n2nc(N)c3c2C(C)(C)N(C(=O)N2C[C@@H](C)N(C)C[C@@H]2C)C3)n1. The number of amides is 2. The van der Waals surface area contributed by atoms with Crippen LogP contribution in [0.25, 0.3) is 5.82 Å². The van der Waals surface area contributed by atoms with Gasteiger partial charge in [0.2, 0.25) is 0 Å². The van der Waals surface area contributed by atoms with E-state index in [0.29, 0.717) is 30.3 Å². The van der Waals surface area contributed by atoms with Crippen LogP contribution in [0.4, 0.5) is 15.0 Å². The molecule has 162 valence electrons. The normalized spacial score (nSPS) is 23.7. The molecule has 0 aliphatic carbocycles. The van der Waals surface area contributed by atoms with Crippen LogP contribution in [-0.4, -0.2) is 67.7 Å². The molecule has 4 rings (SSSR count). The minimum atomic E-state index is -0.721. The zero-order valence-corrected chi connectivity index (χ0v) is 18.5. The number of fused-ring (bicyclic) bond motifs is 1. The fraction of sp³-hybridized carbons (Fsp3) is 0.571. The maximum Gasteiger partial charge on any atom is 0.321 e. The Morgan fingerprint density at radius 1 is 1.23 bits per heavy atom. The highest BCUT2D eigenvalue weighted by atomic mass is 19.1. The number of aryl methyl sites for hydroxylation is 1. The molecule has 0 bridgehead atoms. The predicted molar refractivity (Wildman–Crippen MR) is 113 cm³/mol. The van der Waals surface area contributed by atoms with Gasteiger partial charge in [-0.1, -0.05) is 0 Å². The van der Waals surface area contributed by atoms with E-state index in [1.54, 1.807) is 13.0 Å². The van der Waals surface area contributed by atoms with E-state index in [1.807, 2.05) is 23.6 Å². The van der Waals surface area contributed by atoms with E-state index in [1.165, 1.54) is 10.7 Å². The Labute approximate surface area is 176 Å². The number of halogens is 1. The van der Waals surface area contributed by atoms with Crippen LogP contribution in [0.1, 0.15) is 44.6 Å². The Morgan fingerprint density at radius 3 is 2.63 bits per heavy atom. The van der Waals surface area contributed by atoms with Crippen LogP contribution >= 0.6 is 0 Å². The zero-order valence-electron chi connectivity index (χ0n) is 18.5. The number of aromatic nitrogens is 3. The largest absolute Gasteiger partial charge is 0.382 e. The van der Waals surface area contributed by atoms with Gasteiger partial charge in [-0.3, -0.25) is 4.90 Å². The van der Waals surface area contributed by atoms with Crippen molar-refractivity contribution in [3.63, 3.8) is 0 Å². The molecule has 9 heteroatoms. The lowest BCUT2D eigenvalue weighted by molar-refractivity contribution is 0.0454. The number of nitrogen functional groups attached to an aromatic ring is 1. The van der Waals surface area contributed by atoms with Crippen molar-refractivity contribution in [3.05, 3.63) is 34.9 Å². The second-order valence-corrected chi connectivity index (χ2v) is 9.10. The summed E-state index contributed by atoms with van der Waals surface area (Å²) in [4.78, 5) is 23.9. The lowest BCUT2D eigenvalue weighted by Gasteiger charge is -2.45. The molecule has 2 aromatic heterocycles. The van der Waals surface area contributed by atoms with Gasteiger partial charge in [-0.2, -0.15) is 0 Å². The third kappa shape index (κ3) is 3.03. The van der Waals surface area contributed by atoms with Gasteiger partial charge in [-0.05, 0) is 53.8 Å². The Kier molecular flexibility index (Phi) is 4.76. The number of nitrogens with two attached hydrogens (primary N) is 1. The molecule has 2 aliphatic rings. The third-order valence-corrected chi connectivity index (χ3v) is 6.53. The zero-order chi connectivity index (χ0) is 22.0. The Hall–Kier alpha value is -2.68. The van der Waals surface area contributed by atoms with Crippen LogP contribution in [0.2, 0.25) is 0 Å². The van der Waals surface area contributed by atoms with Crippen molar-refractivity contribution >= 4 is 11.8 Å². The molecule has 2 amide bonds. The fourth-order valence-corrected chi connectivity index (χ4v) is 4.59. The summed E-state index contributed by atoms with van der Waals surface area (Å²) in [6, 6.07) is 3.34. The number of pyridine rings is 1. The molecular weight excluding hydrogens is 385 g/mol. The van der Waals surface area contributed by atoms with Gasteiger partial charge in [-0.25, -0.2) is 18.9 Å². The summed E-state index contributed by atoms with van der Waals surface area (Å²) < 4.78 is 16.1. The smallest absolute Gasteiger partial charge is 0.321 e. The molecule has 2 N–H and O–H groups in total. The number of carbonyl (C=O) groups excluding carboxylic acids is 1. The lowest BCUT2D eigenvalue weighted by Crippen LogP contribution is -2.60. The lowest BCUT2D eigenvalue weighted by atomic mass is 10.00. The van der Waals surface area contributed by atoms with Crippen molar-refractivity contribution in [3.8, 4) is 5.82 Å². The molecule has 0 radical (unpaired) electrons. The Bertz CT molecular complexity index is 1000. The molecule has 0 spiro atoms. The minimum Gasteiger partial charge on any atom is -0.382 e. The monoisotopic (exact) mass is 415 g/mol. The van der Waals surface area contributed by atoms with Crippen molar-refractivity contribution in [2.75, 3.05) is 25.9 Å².